The summed E-state index contributed by atoms with van der Waals surface area (Å²) in [6, 6.07) is 0. The second kappa shape index (κ2) is 4.76. The van der Waals surface area contributed by atoms with Gasteiger partial charge in [0.1, 0.15) is 0 Å². The molecule has 1 heteroatoms. The van der Waals surface area contributed by atoms with Crippen molar-refractivity contribution in [2.24, 2.45) is 0 Å². The molecule has 0 aliphatic rings. The Morgan fingerprint density at radius 1 is 1.27 bits per heavy atom. The van der Waals surface area contributed by atoms with Gasteiger partial charge in [-0.05, 0) is 33.6 Å². The van der Waals surface area contributed by atoms with E-state index in [1.165, 1.54) is 6.42 Å². The lowest BCUT2D eigenvalue weighted by molar-refractivity contribution is -0.0693. The van der Waals surface area contributed by atoms with Crippen LogP contribution in [-0.4, -0.2) is 11.7 Å². The van der Waals surface area contributed by atoms with Crippen LogP contribution in [-0.2, 0) is 4.74 Å². The highest BCUT2D eigenvalue weighted by Crippen LogP contribution is 2.19. The number of ether oxygens (including phenoxy) is 1. The van der Waals surface area contributed by atoms with Crippen molar-refractivity contribution in [2.75, 3.05) is 0 Å². The third-order valence-electron chi connectivity index (χ3n) is 1.95. The van der Waals surface area contributed by atoms with Crippen LogP contribution in [0.2, 0.25) is 0 Å². The molecule has 0 heterocycles. The summed E-state index contributed by atoms with van der Waals surface area (Å²) in [7, 11) is 0. The molecule has 0 aromatic rings. The highest BCUT2D eigenvalue weighted by atomic mass is 16.5. The molecule has 0 aromatic carbocycles. The van der Waals surface area contributed by atoms with Gasteiger partial charge in [0, 0.05) is 0 Å². The van der Waals surface area contributed by atoms with Crippen molar-refractivity contribution in [3.8, 4) is 0 Å². The third kappa shape index (κ3) is 5.25. The van der Waals surface area contributed by atoms with E-state index in [-0.39, 0.29) is 5.60 Å². The zero-order chi connectivity index (χ0) is 8.91. The van der Waals surface area contributed by atoms with Gasteiger partial charge in [0.2, 0.25) is 0 Å². The molecule has 1 nitrogen and oxygen atoms in total. The summed E-state index contributed by atoms with van der Waals surface area (Å²) in [4.78, 5) is 0. The van der Waals surface area contributed by atoms with Crippen LogP contribution >= 0.6 is 0 Å². The maximum atomic E-state index is 5.83. The van der Waals surface area contributed by atoms with Gasteiger partial charge in [0.25, 0.3) is 0 Å². The van der Waals surface area contributed by atoms with E-state index < -0.39 is 0 Å². The Morgan fingerprint density at radius 3 is 2.18 bits per heavy atom. The van der Waals surface area contributed by atoms with E-state index in [0.29, 0.717) is 6.10 Å². The van der Waals surface area contributed by atoms with Crippen LogP contribution in [0.4, 0.5) is 0 Å². The van der Waals surface area contributed by atoms with E-state index >= 15 is 0 Å². The predicted molar refractivity (Wildman–Crippen MR) is 49.8 cm³/mol. The average molecular weight is 158 g/mol. The molecule has 0 spiro atoms. The van der Waals surface area contributed by atoms with E-state index in [0.717, 1.165) is 12.8 Å². The fourth-order valence-corrected chi connectivity index (χ4v) is 1.29. The van der Waals surface area contributed by atoms with E-state index in [1.54, 1.807) is 0 Å². The Bertz CT molecular complexity index is 97.0. The van der Waals surface area contributed by atoms with E-state index in [4.69, 9.17) is 4.74 Å². The molecule has 0 bridgehead atoms. The number of hydrogen-bond acceptors (Lipinski definition) is 1. The molecular formula is C10H22O. The minimum atomic E-state index is 0.0736. The first kappa shape index (κ1) is 11.0. The molecule has 1 atom stereocenters. The second-order valence-electron chi connectivity index (χ2n) is 3.85. The molecule has 0 fully saturated rings. The lowest BCUT2D eigenvalue weighted by Gasteiger charge is -2.28. The van der Waals surface area contributed by atoms with Crippen LogP contribution in [0, 0.1) is 0 Å². The Morgan fingerprint density at radius 2 is 1.82 bits per heavy atom. The van der Waals surface area contributed by atoms with Gasteiger partial charge in [-0.2, -0.15) is 0 Å². The number of rotatable bonds is 5. The highest BCUT2D eigenvalue weighted by molar-refractivity contribution is 4.68. The maximum Gasteiger partial charge on any atom is 0.0630 e. The van der Waals surface area contributed by atoms with Crippen LogP contribution in [0.25, 0.3) is 0 Å². The van der Waals surface area contributed by atoms with Crippen LogP contribution in [0.5, 0.6) is 0 Å². The zero-order valence-electron chi connectivity index (χ0n) is 8.61. The maximum absolute atomic E-state index is 5.83. The van der Waals surface area contributed by atoms with Crippen molar-refractivity contribution >= 4 is 0 Å². The van der Waals surface area contributed by atoms with Gasteiger partial charge in [0.05, 0.1) is 11.7 Å². The SMILES string of the molecule is CCCC(C)(C)OC(C)CC. The van der Waals surface area contributed by atoms with E-state index in [2.05, 4.69) is 34.6 Å². The Hall–Kier alpha value is -0.0400. The molecule has 0 saturated heterocycles. The molecular weight excluding hydrogens is 136 g/mol. The molecule has 68 valence electrons. The third-order valence-corrected chi connectivity index (χ3v) is 1.95. The first-order chi connectivity index (χ1) is 5.02. The Kier molecular flexibility index (Phi) is 4.74. The fourth-order valence-electron chi connectivity index (χ4n) is 1.29. The van der Waals surface area contributed by atoms with E-state index in [1.807, 2.05) is 0 Å². The molecule has 0 saturated carbocycles. The van der Waals surface area contributed by atoms with Gasteiger partial charge < -0.3 is 4.74 Å². The molecule has 0 aromatic heterocycles. The highest BCUT2D eigenvalue weighted by Gasteiger charge is 2.19. The lowest BCUT2D eigenvalue weighted by atomic mass is 10.0. The van der Waals surface area contributed by atoms with Crippen molar-refractivity contribution in [3.63, 3.8) is 0 Å². The normalized spacial score (nSPS) is 15.0. The minimum Gasteiger partial charge on any atom is -0.373 e. The molecule has 0 N–H and O–H groups in total. The minimum absolute atomic E-state index is 0.0736. The van der Waals surface area contributed by atoms with Gasteiger partial charge in [-0.1, -0.05) is 20.3 Å². The summed E-state index contributed by atoms with van der Waals surface area (Å²) in [6.07, 6.45) is 3.85. The molecule has 11 heavy (non-hydrogen) atoms. The predicted octanol–water partition coefficient (Wildman–Crippen LogP) is 3.38. The van der Waals surface area contributed by atoms with Crippen molar-refractivity contribution in [1.82, 2.24) is 0 Å². The summed E-state index contributed by atoms with van der Waals surface area (Å²) in [5.74, 6) is 0. The molecule has 0 aliphatic heterocycles. The van der Waals surface area contributed by atoms with Gasteiger partial charge >= 0.3 is 0 Å². The largest absolute Gasteiger partial charge is 0.373 e. The summed E-state index contributed by atoms with van der Waals surface area (Å²) >= 11 is 0. The van der Waals surface area contributed by atoms with Crippen molar-refractivity contribution in [1.29, 1.82) is 0 Å². The van der Waals surface area contributed by atoms with Crippen LogP contribution in [0.1, 0.15) is 53.9 Å². The van der Waals surface area contributed by atoms with Gasteiger partial charge in [-0.3, -0.25) is 0 Å². The van der Waals surface area contributed by atoms with E-state index in [9.17, 15) is 0 Å². The smallest absolute Gasteiger partial charge is 0.0630 e. The van der Waals surface area contributed by atoms with Crippen molar-refractivity contribution < 1.29 is 4.74 Å². The standard InChI is InChI=1S/C10H22O/c1-6-8-10(4,5)11-9(3)7-2/h9H,6-8H2,1-5H3. The first-order valence-electron chi connectivity index (χ1n) is 4.69. The summed E-state index contributed by atoms with van der Waals surface area (Å²) in [5, 5.41) is 0. The second-order valence-corrected chi connectivity index (χ2v) is 3.85. The molecule has 0 aliphatic carbocycles. The first-order valence-corrected chi connectivity index (χ1v) is 4.69. The van der Waals surface area contributed by atoms with Crippen LogP contribution < -0.4 is 0 Å². The van der Waals surface area contributed by atoms with Gasteiger partial charge in [-0.25, -0.2) is 0 Å². The summed E-state index contributed by atoms with van der Waals surface area (Å²) < 4.78 is 5.83. The van der Waals surface area contributed by atoms with Gasteiger partial charge in [-0.15, -0.1) is 0 Å². The quantitative estimate of drug-likeness (QED) is 0.596. The molecule has 1 unspecified atom stereocenters. The lowest BCUT2D eigenvalue weighted by Crippen LogP contribution is -2.28. The monoisotopic (exact) mass is 158 g/mol. The molecule has 0 radical (unpaired) electrons. The van der Waals surface area contributed by atoms with Crippen molar-refractivity contribution in [2.45, 2.75) is 65.6 Å². The molecule has 0 amide bonds. The topological polar surface area (TPSA) is 9.23 Å². The van der Waals surface area contributed by atoms with Crippen molar-refractivity contribution in [3.05, 3.63) is 0 Å². The van der Waals surface area contributed by atoms with Crippen LogP contribution in [0.3, 0.4) is 0 Å². The van der Waals surface area contributed by atoms with Crippen LogP contribution in [0.15, 0.2) is 0 Å². The zero-order valence-corrected chi connectivity index (χ0v) is 8.61. The average Bonchev–Trinajstić information content (AvgIpc) is 1.86. The van der Waals surface area contributed by atoms with Gasteiger partial charge in [0.15, 0.2) is 0 Å². The number of hydrogen-bond donors (Lipinski definition) is 0. The summed E-state index contributed by atoms with van der Waals surface area (Å²) in [6.45, 7) is 10.8. The molecule has 0 rings (SSSR count). The Balaban J connectivity index is 3.70. The summed E-state index contributed by atoms with van der Waals surface area (Å²) in [5.41, 5.74) is 0.0736. The Labute approximate surface area is 71.1 Å². The fraction of sp³-hybridized carbons (Fsp3) is 1.00.